The third-order valence-corrected chi connectivity index (χ3v) is 4.87. The molecule has 2 aromatic rings. The average Bonchev–Trinajstić information content (AvgIpc) is 3.37. The Morgan fingerprint density at radius 3 is 2.81 bits per heavy atom. The standard InChI is InChI=1S/C19H23N3O4/c1-13-8-15(21-26-13)10-19(23)20-11-16(22-6-2-3-7-22)14-4-5-17-18(9-14)25-12-24-17/h4-5,8-9,16H,2-3,6-7,10-12H2,1H3,(H,20,23). The first kappa shape index (κ1) is 16.9. The number of fused-ring (bicyclic) bond motifs is 1. The highest BCUT2D eigenvalue weighted by Crippen LogP contribution is 2.36. The summed E-state index contributed by atoms with van der Waals surface area (Å²) >= 11 is 0. The van der Waals surface area contributed by atoms with E-state index < -0.39 is 0 Å². The van der Waals surface area contributed by atoms with E-state index in [4.69, 9.17) is 14.0 Å². The van der Waals surface area contributed by atoms with Gasteiger partial charge in [-0.1, -0.05) is 11.2 Å². The van der Waals surface area contributed by atoms with Crippen molar-refractivity contribution in [1.29, 1.82) is 0 Å². The Bertz CT molecular complexity index is 783. The van der Waals surface area contributed by atoms with Crippen LogP contribution in [-0.2, 0) is 11.2 Å². The van der Waals surface area contributed by atoms with Crippen molar-refractivity contribution in [3.05, 3.63) is 41.3 Å². The van der Waals surface area contributed by atoms with Crippen LogP contribution in [0.2, 0.25) is 0 Å². The maximum absolute atomic E-state index is 12.3. The second-order valence-electron chi connectivity index (χ2n) is 6.78. The van der Waals surface area contributed by atoms with E-state index in [9.17, 15) is 4.79 Å². The Morgan fingerprint density at radius 1 is 1.23 bits per heavy atom. The zero-order chi connectivity index (χ0) is 17.9. The summed E-state index contributed by atoms with van der Waals surface area (Å²) in [6.45, 7) is 4.71. The Morgan fingerprint density at radius 2 is 2.04 bits per heavy atom. The zero-order valence-corrected chi connectivity index (χ0v) is 14.9. The number of aryl methyl sites for hydroxylation is 1. The van der Waals surface area contributed by atoms with E-state index in [1.807, 2.05) is 19.1 Å². The number of rotatable bonds is 6. The van der Waals surface area contributed by atoms with Crippen LogP contribution in [0, 0.1) is 6.92 Å². The van der Waals surface area contributed by atoms with Gasteiger partial charge in [0.05, 0.1) is 18.2 Å². The molecule has 2 aliphatic heterocycles. The number of carbonyl (C=O) groups excluding carboxylic acids is 1. The minimum absolute atomic E-state index is 0.0526. The van der Waals surface area contributed by atoms with Crippen molar-refractivity contribution in [2.75, 3.05) is 26.4 Å². The van der Waals surface area contributed by atoms with Gasteiger partial charge in [-0.05, 0) is 50.6 Å². The molecule has 0 bridgehead atoms. The fraction of sp³-hybridized carbons (Fsp3) is 0.474. The molecule has 1 amide bonds. The van der Waals surface area contributed by atoms with Crippen LogP contribution in [0.15, 0.2) is 28.8 Å². The van der Waals surface area contributed by atoms with Crippen molar-refractivity contribution in [2.45, 2.75) is 32.2 Å². The number of amides is 1. The van der Waals surface area contributed by atoms with Gasteiger partial charge < -0.3 is 19.3 Å². The summed E-state index contributed by atoms with van der Waals surface area (Å²) in [6, 6.07) is 7.94. The molecule has 2 aliphatic rings. The van der Waals surface area contributed by atoms with Crippen molar-refractivity contribution in [3.63, 3.8) is 0 Å². The molecule has 0 saturated carbocycles. The van der Waals surface area contributed by atoms with Gasteiger partial charge in [0.15, 0.2) is 11.5 Å². The normalized spacial score (nSPS) is 17.4. The van der Waals surface area contributed by atoms with Crippen molar-refractivity contribution in [3.8, 4) is 11.5 Å². The second kappa shape index (κ2) is 7.37. The molecule has 0 aliphatic carbocycles. The van der Waals surface area contributed by atoms with Crippen molar-refractivity contribution < 1.29 is 18.8 Å². The zero-order valence-electron chi connectivity index (χ0n) is 14.9. The van der Waals surface area contributed by atoms with Gasteiger partial charge in [0.2, 0.25) is 12.7 Å². The highest BCUT2D eigenvalue weighted by molar-refractivity contribution is 5.78. The van der Waals surface area contributed by atoms with E-state index in [-0.39, 0.29) is 25.2 Å². The van der Waals surface area contributed by atoms with Crippen LogP contribution in [0.5, 0.6) is 11.5 Å². The molecule has 4 rings (SSSR count). The second-order valence-corrected chi connectivity index (χ2v) is 6.78. The van der Waals surface area contributed by atoms with Gasteiger partial charge >= 0.3 is 0 Å². The lowest BCUT2D eigenvalue weighted by molar-refractivity contribution is -0.120. The predicted octanol–water partition coefficient (Wildman–Crippen LogP) is 2.21. The molecule has 1 N–H and O–H groups in total. The minimum atomic E-state index is -0.0526. The summed E-state index contributed by atoms with van der Waals surface area (Å²) in [5.74, 6) is 2.21. The van der Waals surface area contributed by atoms with Gasteiger partial charge in [-0.3, -0.25) is 9.69 Å². The number of hydrogen-bond acceptors (Lipinski definition) is 6. The van der Waals surface area contributed by atoms with E-state index in [0.717, 1.165) is 30.2 Å². The lowest BCUT2D eigenvalue weighted by atomic mass is 10.0. The van der Waals surface area contributed by atoms with Gasteiger partial charge in [0.1, 0.15) is 5.76 Å². The van der Waals surface area contributed by atoms with Crippen LogP contribution in [0.1, 0.15) is 35.9 Å². The molecule has 1 saturated heterocycles. The van der Waals surface area contributed by atoms with Crippen molar-refractivity contribution in [2.24, 2.45) is 0 Å². The van der Waals surface area contributed by atoms with Gasteiger partial charge in [0.25, 0.3) is 0 Å². The first-order valence-corrected chi connectivity index (χ1v) is 9.01. The van der Waals surface area contributed by atoms with Gasteiger partial charge in [-0.25, -0.2) is 0 Å². The van der Waals surface area contributed by atoms with Gasteiger partial charge in [-0.2, -0.15) is 0 Å². The topological polar surface area (TPSA) is 76.8 Å². The molecule has 1 unspecified atom stereocenters. The summed E-state index contributed by atoms with van der Waals surface area (Å²) in [5.41, 5.74) is 1.79. The van der Waals surface area contributed by atoms with E-state index >= 15 is 0 Å². The Kier molecular flexibility index (Phi) is 4.79. The average molecular weight is 357 g/mol. The molecule has 1 aromatic heterocycles. The third kappa shape index (κ3) is 3.67. The number of likely N-dealkylation sites (tertiary alicyclic amines) is 1. The van der Waals surface area contributed by atoms with Crippen LogP contribution >= 0.6 is 0 Å². The van der Waals surface area contributed by atoms with Crippen LogP contribution in [0.25, 0.3) is 0 Å². The number of carbonyl (C=O) groups is 1. The number of aromatic nitrogens is 1. The van der Waals surface area contributed by atoms with Crippen molar-refractivity contribution in [1.82, 2.24) is 15.4 Å². The van der Waals surface area contributed by atoms with E-state index in [0.29, 0.717) is 18.0 Å². The lowest BCUT2D eigenvalue weighted by Gasteiger charge is -2.28. The van der Waals surface area contributed by atoms with Crippen LogP contribution in [0.3, 0.4) is 0 Å². The SMILES string of the molecule is Cc1cc(CC(=O)NCC(c2ccc3c(c2)OCO3)N2CCCC2)no1. The van der Waals surface area contributed by atoms with Crippen molar-refractivity contribution >= 4 is 5.91 Å². The minimum Gasteiger partial charge on any atom is -0.454 e. The maximum Gasteiger partial charge on any atom is 0.231 e. The molecular weight excluding hydrogens is 334 g/mol. The lowest BCUT2D eigenvalue weighted by Crippen LogP contribution is -2.37. The van der Waals surface area contributed by atoms with Gasteiger partial charge in [0, 0.05) is 12.6 Å². The molecule has 138 valence electrons. The first-order valence-electron chi connectivity index (χ1n) is 9.01. The molecule has 3 heterocycles. The summed E-state index contributed by atoms with van der Waals surface area (Å²) in [4.78, 5) is 14.7. The fourth-order valence-electron chi connectivity index (χ4n) is 3.57. The Balaban J connectivity index is 1.44. The summed E-state index contributed by atoms with van der Waals surface area (Å²) in [5, 5.41) is 6.93. The summed E-state index contributed by atoms with van der Waals surface area (Å²) < 4.78 is 15.9. The monoisotopic (exact) mass is 357 g/mol. The fourth-order valence-corrected chi connectivity index (χ4v) is 3.57. The first-order chi connectivity index (χ1) is 12.7. The third-order valence-electron chi connectivity index (χ3n) is 4.87. The number of nitrogens with one attached hydrogen (secondary N) is 1. The number of benzene rings is 1. The van der Waals surface area contributed by atoms with E-state index in [1.54, 1.807) is 6.07 Å². The van der Waals surface area contributed by atoms with E-state index in [1.165, 1.54) is 12.8 Å². The van der Waals surface area contributed by atoms with Crippen LogP contribution in [0.4, 0.5) is 0 Å². The van der Waals surface area contributed by atoms with Gasteiger partial charge in [-0.15, -0.1) is 0 Å². The number of hydrogen-bond donors (Lipinski definition) is 1. The molecule has 7 nitrogen and oxygen atoms in total. The highest BCUT2D eigenvalue weighted by Gasteiger charge is 2.26. The summed E-state index contributed by atoms with van der Waals surface area (Å²) in [6.07, 6.45) is 2.60. The Labute approximate surface area is 152 Å². The quantitative estimate of drug-likeness (QED) is 0.854. The predicted molar refractivity (Wildman–Crippen MR) is 94.1 cm³/mol. The maximum atomic E-state index is 12.3. The molecule has 1 fully saturated rings. The smallest absolute Gasteiger partial charge is 0.231 e. The molecule has 26 heavy (non-hydrogen) atoms. The highest BCUT2D eigenvalue weighted by atomic mass is 16.7. The molecule has 1 atom stereocenters. The molecular formula is C19H23N3O4. The molecule has 0 spiro atoms. The molecule has 1 aromatic carbocycles. The molecule has 0 radical (unpaired) electrons. The largest absolute Gasteiger partial charge is 0.454 e. The van der Waals surface area contributed by atoms with Crippen LogP contribution < -0.4 is 14.8 Å². The molecule has 7 heteroatoms. The number of ether oxygens (including phenoxy) is 2. The Hall–Kier alpha value is -2.54. The van der Waals surface area contributed by atoms with Crippen LogP contribution in [-0.4, -0.2) is 42.4 Å². The van der Waals surface area contributed by atoms with E-state index in [2.05, 4.69) is 21.4 Å². The number of nitrogens with zero attached hydrogens (tertiary/aromatic N) is 2. The summed E-state index contributed by atoms with van der Waals surface area (Å²) in [7, 11) is 0.